The van der Waals surface area contributed by atoms with Gasteiger partial charge in [0.25, 0.3) is 5.91 Å². The molecule has 0 spiro atoms. The summed E-state index contributed by atoms with van der Waals surface area (Å²) in [4.78, 5) is 17.4. The van der Waals surface area contributed by atoms with Crippen molar-refractivity contribution >= 4 is 38.6 Å². The SMILES string of the molecule is COc1ccc(Br)cc1C(=O)Nc1cccc(-c2nc3cc(C)cc(C)c3o2)c1. The Labute approximate surface area is 176 Å². The highest BCUT2D eigenvalue weighted by Crippen LogP contribution is 2.29. The largest absolute Gasteiger partial charge is 0.496 e. The van der Waals surface area contributed by atoms with E-state index in [9.17, 15) is 4.79 Å². The molecule has 4 aromatic rings. The number of aromatic nitrogens is 1. The molecule has 5 nitrogen and oxygen atoms in total. The highest BCUT2D eigenvalue weighted by Gasteiger charge is 2.15. The molecule has 3 aromatic carbocycles. The molecule has 1 heterocycles. The molecular weight excluding hydrogens is 432 g/mol. The molecule has 0 saturated heterocycles. The van der Waals surface area contributed by atoms with Gasteiger partial charge < -0.3 is 14.5 Å². The number of fused-ring (bicyclic) bond motifs is 1. The molecule has 4 rings (SSSR count). The number of benzene rings is 3. The van der Waals surface area contributed by atoms with Gasteiger partial charge in [-0.1, -0.05) is 28.1 Å². The summed E-state index contributed by atoms with van der Waals surface area (Å²) in [6.07, 6.45) is 0. The van der Waals surface area contributed by atoms with Gasteiger partial charge in [-0.3, -0.25) is 4.79 Å². The third-order valence-corrected chi connectivity index (χ3v) is 5.09. The summed E-state index contributed by atoms with van der Waals surface area (Å²) >= 11 is 3.39. The molecule has 1 aromatic heterocycles. The summed E-state index contributed by atoms with van der Waals surface area (Å²) in [7, 11) is 1.54. The zero-order chi connectivity index (χ0) is 20.5. The number of rotatable bonds is 4. The Kier molecular flexibility index (Phi) is 5.11. The quantitative estimate of drug-likeness (QED) is 0.405. The first-order chi connectivity index (χ1) is 13.9. The lowest BCUT2D eigenvalue weighted by Crippen LogP contribution is -2.13. The van der Waals surface area contributed by atoms with Gasteiger partial charge in [-0.05, 0) is 67.4 Å². The molecule has 0 aliphatic carbocycles. The van der Waals surface area contributed by atoms with Crippen LogP contribution in [0.25, 0.3) is 22.6 Å². The van der Waals surface area contributed by atoms with Crippen LogP contribution in [0.2, 0.25) is 0 Å². The number of nitrogens with zero attached hydrogens (tertiary/aromatic N) is 1. The lowest BCUT2D eigenvalue weighted by atomic mass is 10.1. The maximum absolute atomic E-state index is 12.8. The van der Waals surface area contributed by atoms with Crippen molar-refractivity contribution in [3.8, 4) is 17.2 Å². The first-order valence-electron chi connectivity index (χ1n) is 9.08. The van der Waals surface area contributed by atoms with E-state index in [1.165, 1.54) is 7.11 Å². The molecule has 1 amide bonds. The lowest BCUT2D eigenvalue weighted by molar-refractivity contribution is 0.102. The van der Waals surface area contributed by atoms with Crippen LogP contribution < -0.4 is 10.1 Å². The van der Waals surface area contributed by atoms with E-state index in [1.807, 2.05) is 50.2 Å². The van der Waals surface area contributed by atoms with Crippen LogP contribution in [-0.4, -0.2) is 18.0 Å². The van der Waals surface area contributed by atoms with Crippen LogP contribution in [0.3, 0.4) is 0 Å². The predicted octanol–water partition coefficient (Wildman–Crippen LogP) is 6.14. The van der Waals surface area contributed by atoms with Crippen molar-refractivity contribution in [1.29, 1.82) is 0 Å². The maximum Gasteiger partial charge on any atom is 0.259 e. The Bertz CT molecular complexity index is 1230. The lowest BCUT2D eigenvalue weighted by Gasteiger charge is -2.10. The number of nitrogens with one attached hydrogen (secondary N) is 1. The molecule has 0 bridgehead atoms. The minimum atomic E-state index is -0.260. The second-order valence-electron chi connectivity index (χ2n) is 6.83. The van der Waals surface area contributed by atoms with Crippen LogP contribution >= 0.6 is 15.9 Å². The molecule has 0 fully saturated rings. The normalized spacial score (nSPS) is 10.9. The summed E-state index contributed by atoms with van der Waals surface area (Å²) in [5.41, 5.74) is 5.66. The minimum Gasteiger partial charge on any atom is -0.496 e. The van der Waals surface area contributed by atoms with Crippen LogP contribution in [0.15, 0.2) is 63.5 Å². The fourth-order valence-corrected chi connectivity index (χ4v) is 3.65. The monoisotopic (exact) mass is 450 g/mol. The average Bonchev–Trinajstić information content (AvgIpc) is 3.12. The van der Waals surface area contributed by atoms with Crippen molar-refractivity contribution in [1.82, 2.24) is 4.98 Å². The number of methoxy groups -OCH3 is 1. The number of carbonyl (C=O) groups is 1. The zero-order valence-corrected chi connectivity index (χ0v) is 17.8. The Morgan fingerprint density at radius 2 is 1.93 bits per heavy atom. The number of anilines is 1. The second-order valence-corrected chi connectivity index (χ2v) is 7.74. The molecule has 0 saturated carbocycles. The van der Waals surface area contributed by atoms with Gasteiger partial charge in [0.05, 0.1) is 12.7 Å². The van der Waals surface area contributed by atoms with Crippen molar-refractivity contribution < 1.29 is 13.9 Å². The minimum absolute atomic E-state index is 0.260. The highest BCUT2D eigenvalue weighted by atomic mass is 79.9. The van der Waals surface area contributed by atoms with Crippen molar-refractivity contribution in [3.05, 3.63) is 75.8 Å². The van der Waals surface area contributed by atoms with Crippen molar-refractivity contribution in [2.45, 2.75) is 13.8 Å². The first-order valence-corrected chi connectivity index (χ1v) is 9.87. The van der Waals surface area contributed by atoms with E-state index >= 15 is 0 Å². The van der Waals surface area contributed by atoms with E-state index in [0.29, 0.717) is 22.9 Å². The smallest absolute Gasteiger partial charge is 0.259 e. The number of halogens is 1. The van der Waals surface area contributed by atoms with Crippen LogP contribution in [0.1, 0.15) is 21.5 Å². The van der Waals surface area contributed by atoms with E-state index in [2.05, 4.69) is 32.3 Å². The molecule has 0 atom stereocenters. The zero-order valence-electron chi connectivity index (χ0n) is 16.2. The number of hydrogen-bond donors (Lipinski definition) is 1. The van der Waals surface area contributed by atoms with Gasteiger partial charge in [0.15, 0.2) is 5.58 Å². The number of amides is 1. The number of ether oxygens (including phenoxy) is 1. The number of aryl methyl sites for hydroxylation is 2. The molecule has 0 aliphatic heterocycles. The summed E-state index contributed by atoms with van der Waals surface area (Å²) in [5, 5.41) is 2.92. The number of oxazole rings is 1. The Morgan fingerprint density at radius 1 is 1.10 bits per heavy atom. The fraction of sp³-hybridized carbons (Fsp3) is 0.130. The van der Waals surface area contributed by atoms with Crippen molar-refractivity contribution in [2.24, 2.45) is 0 Å². The van der Waals surface area contributed by atoms with E-state index in [-0.39, 0.29) is 5.91 Å². The molecule has 0 aliphatic rings. The molecule has 29 heavy (non-hydrogen) atoms. The third-order valence-electron chi connectivity index (χ3n) is 4.59. The summed E-state index contributed by atoms with van der Waals surface area (Å²) in [5.74, 6) is 0.765. The van der Waals surface area contributed by atoms with Gasteiger partial charge in [0.2, 0.25) is 5.89 Å². The molecular formula is C23H19BrN2O3. The van der Waals surface area contributed by atoms with Crippen LogP contribution in [0.4, 0.5) is 5.69 Å². The molecule has 146 valence electrons. The van der Waals surface area contributed by atoms with E-state index in [4.69, 9.17) is 9.15 Å². The van der Waals surface area contributed by atoms with Gasteiger partial charge >= 0.3 is 0 Å². The Balaban J connectivity index is 1.65. The van der Waals surface area contributed by atoms with E-state index < -0.39 is 0 Å². The van der Waals surface area contributed by atoms with Gasteiger partial charge in [-0.15, -0.1) is 0 Å². The topological polar surface area (TPSA) is 64.4 Å². The van der Waals surface area contributed by atoms with E-state index in [1.54, 1.807) is 12.1 Å². The maximum atomic E-state index is 12.8. The van der Waals surface area contributed by atoms with E-state index in [0.717, 1.165) is 32.3 Å². The van der Waals surface area contributed by atoms with Gasteiger partial charge in [-0.2, -0.15) is 0 Å². The van der Waals surface area contributed by atoms with Crippen LogP contribution in [0, 0.1) is 13.8 Å². The van der Waals surface area contributed by atoms with Gasteiger partial charge in [0, 0.05) is 15.7 Å². The highest BCUT2D eigenvalue weighted by molar-refractivity contribution is 9.10. The third kappa shape index (κ3) is 3.89. The average molecular weight is 451 g/mol. The number of hydrogen-bond acceptors (Lipinski definition) is 4. The number of carbonyl (C=O) groups excluding carboxylic acids is 1. The van der Waals surface area contributed by atoms with Gasteiger partial charge in [-0.25, -0.2) is 4.98 Å². The summed E-state index contributed by atoms with van der Waals surface area (Å²) in [6, 6.07) is 16.8. The standard InChI is InChI=1S/C23H19BrN2O3/c1-13-9-14(2)21-19(10-13)26-23(29-21)15-5-4-6-17(11-15)25-22(27)18-12-16(24)7-8-20(18)28-3/h4-12H,1-3H3,(H,25,27). The molecule has 6 heteroatoms. The van der Waals surface area contributed by atoms with Gasteiger partial charge in [0.1, 0.15) is 11.3 Å². The first kappa shape index (κ1) is 19.2. The second kappa shape index (κ2) is 7.72. The van der Waals surface area contributed by atoms with Crippen molar-refractivity contribution in [3.63, 3.8) is 0 Å². The fourth-order valence-electron chi connectivity index (χ4n) is 3.29. The van der Waals surface area contributed by atoms with Crippen LogP contribution in [0.5, 0.6) is 5.75 Å². The summed E-state index contributed by atoms with van der Waals surface area (Å²) < 4.78 is 12.1. The molecule has 0 radical (unpaired) electrons. The predicted molar refractivity (Wildman–Crippen MR) is 118 cm³/mol. The summed E-state index contributed by atoms with van der Waals surface area (Å²) in [6.45, 7) is 4.04. The van der Waals surface area contributed by atoms with Crippen LogP contribution in [-0.2, 0) is 0 Å². The Morgan fingerprint density at radius 3 is 2.72 bits per heavy atom. The van der Waals surface area contributed by atoms with Crippen molar-refractivity contribution in [2.75, 3.05) is 12.4 Å². The Hall–Kier alpha value is -3.12. The molecule has 1 N–H and O–H groups in total. The molecule has 0 unspecified atom stereocenters.